The van der Waals surface area contributed by atoms with E-state index < -0.39 is 0 Å². The fourth-order valence-electron chi connectivity index (χ4n) is 1.50. The molecule has 0 aromatic carbocycles. The van der Waals surface area contributed by atoms with Gasteiger partial charge in [-0.25, -0.2) is 0 Å². The van der Waals surface area contributed by atoms with Crippen molar-refractivity contribution in [1.29, 1.82) is 0 Å². The van der Waals surface area contributed by atoms with Gasteiger partial charge in [0, 0.05) is 32.3 Å². The minimum atomic E-state index is 0.641. The second-order valence-corrected chi connectivity index (χ2v) is 3.77. The van der Waals surface area contributed by atoms with E-state index in [-0.39, 0.29) is 0 Å². The Morgan fingerprint density at radius 2 is 1.58 bits per heavy atom. The van der Waals surface area contributed by atoms with Crippen LogP contribution in [0, 0.1) is 0 Å². The van der Waals surface area contributed by atoms with E-state index in [4.69, 9.17) is 4.74 Å². The summed E-state index contributed by atoms with van der Waals surface area (Å²) in [4.78, 5) is 2.49. The van der Waals surface area contributed by atoms with Crippen molar-refractivity contribution in [3.63, 3.8) is 0 Å². The first kappa shape index (κ1) is 11.9. The Morgan fingerprint density at radius 1 is 1.08 bits per heavy atom. The molecule has 0 heterocycles. The van der Waals surface area contributed by atoms with Gasteiger partial charge in [0.2, 0.25) is 0 Å². The van der Waals surface area contributed by atoms with E-state index in [0.717, 1.165) is 19.6 Å². The molecule has 0 aliphatic heterocycles. The highest BCUT2D eigenvalue weighted by Gasteiger charge is 2.11. The van der Waals surface area contributed by atoms with E-state index in [0.29, 0.717) is 12.1 Å². The van der Waals surface area contributed by atoms with Crippen LogP contribution in [-0.4, -0.2) is 37.2 Å². The lowest BCUT2D eigenvalue weighted by Gasteiger charge is -2.30. The lowest BCUT2D eigenvalue weighted by molar-refractivity contribution is 0.137. The van der Waals surface area contributed by atoms with Gasteiger partial charge in [0.25, 0.3) is 0 Å². The smallest absolute Gasteiger partial charge is 0.0474 e. The maximum Gasteiger partial charge on any atom is 0.0474 e. The Hall–Kier alpha value is -0.0800. The Morgan fingerprint density at radius 3 is 1.92 bits per heavy atom. The van der Waals surface area contributed by atoms with Gasteiger partial charge in [-0.1, -0.05) is 0 Å². The van der Waals surface area contributed by atoms with Gasteiger partial charge in [0.15, 0.2) is 0 Å². The van der Waals surface area contributed by atoms with Crippen LogP contribution >= 0.6 is 0 Å². The van der Waals surface area contributed by atoms with Crippen LogP contribution in [0.5, 0.6) is 0 Å². The number of ether oxygens (including phenoxy) is 1. The number of methoxy groups -OCH3 is 1. The largest absolute Gasteiger partial charge is 0.385 e. The Bertz CT molecular complexity index is 94.0. The van der Waals surface area contributed by atoms with Gasteiger partial charge in [-0.3, -0.25) is 4.90 Å². The molecule has 0 amide bonds. The highest BCUT2D eigenvalue weighted by Crippen LogP contribution is 2.05. The van der Waals surface area contributed by atoms with Gasteiger partial charge < -0.3 is 4.74 Å². The predicted octanol–water partition coefficient (Wildman–Crippen LogP) is 2.14. The van der Waals surface area contributed by atoms with Crippen LogP contribution in [0.3, 0.4) is 0 Å². The predicted molar refractivity (Wildman–Crippen MR) is 53.5 cm³/mol. The molecule has 2 nitrogen and oxygen atoms in total. The van der Waals surface area contributed by atoms with Crippen molar-refractivity contribution in [3.8, 4) is 0 Å². The van der Waals surface area contributed by atoms with Crippen molar-refractivity contribution >= 4 is 0 Å². The molecule has 0 aromatic heterocycles. The average Bonchev–Trinajstić information content (AvgIpc) is 1.96. The summed E-state index contributed by atoms with van der Waals surface area (Å²) in [6.07, 6.45) is 1.13. The Labute approximate surface area is 76.9 Å². The first-order chi connectivity index (χ1) is 5.59. The van der Waals surface area contributed by atoms with Gasteiger partial charge in [-0.15, -0.1) is 0 Å². The van der Waals surface area contributed by atoms with Crippen molar-refractivity contribution in [3.05, 3.63) is 0 Å². The van der Waals surface area contributed by atoms with Gasteiger partial charge in [-0.2, -0.15) is 0 Å². The fraction of sp³-hybridized carbons (Fsp3) is 1.00. The summed E-state index contributed by atoms with van der Waals surface area (Å²) in [7, 11) is 1.76. The molecule has 0 atom stereocenters. The minimum Gasteiger partial charge on any atom is -0.385 e. The van der Waals surface area contributed by atoms with E-state index in [1.54, 1.807) is 7.11 Å². The van der Waals surface area contributed by atoms with Crippen LogP contribution in [0.25, 0.3) is 0 Å². The van der Waals surface area contributed by atoms with Gasteiger partial charge >= 0.3 is 0 Å². The number of hydrogen-bond acceptors (Lipinski definition) is 2. The number of hydrogen-bond donors (Lipinski definition) is 0. The van der Waals surface area contributed by atoms with Crippen LogP contribution in [0.2, 0.25) is 0 Å². The summed E-state index contributed by atoms with van der Waals surface area (Å²) in [5.41, 5.74) is 0. The van der Waals surface area contributed by atoms with Crippen LogP contribution < -0.4 is 0 Å². The Balaban J connectivity index is 3.64. The van der Waals surface area contributed by atoms with E-state index in [1.807, 2.05) is 0 Å². The number of nitrogens with zero attached hydrogens (tertiary/aromatic N) is 1. The SMILES string of the molecule is COCCCN(C(C)C)C(C)C. The molecule has 0 saturated carbocycles. The lowest BCUT2D eigenvalue weighted by Crippen LogP contribution is -2.38. The van der Waals surface area contributed by atoms with Gasteiger partial charge in [0.1, 0.15) is 0 Å². The fourth-order valence-corrected chi connectivity index (χ4v) is 1.50. The molecule has 0 unspecified atom stereocenters. The monoisotopic (exact) mass is 173 g/mol. The third-order valence-corrected chi connectivity index (χ3v) is 2.09. The standard InChI is InChI=1S/C10H23NO/c1-9(2)11(10(3)4)7-6-8-12-5/h9-10H,6-8H2,1-5H3. The molecular weight excluding hydrogens is 150 g/mol. The molecule has 0 aromatic rings. The maximum atomic E-state index is 5.03. The van der Waals surface area contributed by atoms with E-state index in [2.05, 4.69) is 32.6 Å². The molecular formula is C10H23NO. The molecule has 2 heteroatoms. The summed E-state index contributed by atoms with van der Waals surface area (Å²) in [5, 5.41) is 0. The molecule has 0 spiro atoms. The maximum absolute atomic E-state index is 5.03. The third kappa shape index (κ3) is 4.73. The Kier molecular flexibility index (Phi) is 6.39. The second-order valence-electron chi connectivity index (χ2n) is 3.77. The highest BCUT2D eigenvalue weighted by atomic mass is 16.5. The molecule has 0 fully saturated rings. The summed E-state index contributed by atoms with van der Waals surface area (Å²) in [6, 6.07) is 1.28. The lowest BCUT2D eigenvalue weighted by atomic mass is 10.2. The highest BCUT2D eigenvalue weighted by molar-refractivity contribution is 4.66. The van der Waals surface area contributed by atoms with E-state index >= 15 is 0 Å². The molecule has 74 valence electrons. The molecule has 0 radical (unpaired) electrons. The molecule has 0 aliphatic rings. The summed E-state index contributed by atoms with van der Waals surface area (Å²) in [6.45, 7) is 11.0. The molecule has 0 saturated heterocycles. The molecule has 0 rings (SSSR count). The molecule has 0 aliphatic carbocycles. The average molecular weight is 173 g/mol. The van der Waals surface area contributed by atoms with Crippen LogP contribution in [0.1, 0.15) is 34.1 Å². The van der Waals surface area contributed by atoms with Crippen molar-refractivity contribution in [2.75, 3.05) is 20.3 Å². The van der Waals surface area contributed by atoms with Crippen molar-refractivity contribution < 1.29 is 4.74 Å². The van der Waals surface area contributed by atoms with Crippen molar-refractivity contribution in [2.24, 2.45) is 0 Å². The molecule has 0 N–H and O–H groups in total. The van der Waals surface area contributed by atoms with Crippen LogP contribution in [0.15, 0.2) is 0 Å². The van der Waals surface area contributed by atoms with Crippen LogP contribution in [0.4, 0.5) is 0 Å². The van der Waals surface area contributed by atoms with Crippen LogP contribution in [-0.2, 0) is 4.74 Å². The molecule has 0 bridgehead atoms. The van der Waals surface area contributed by atoms with E-state index in [9.17, 15) is 0 Å². The second kappa shape index (κ2) is 6.44. The van der Waals surface area contributed by atoms with E-state index in [1.165, 1.54) is 0 Å². The van der Waals surface area contributed by atoms with Gasteiger partial charge in [-0.05, 0) is 34.1 Å². The normalized spacial score (nSPS) is 12.0. The zero-order chi connectivity index (χ0) is 9.56. The minimum absolute atomic E-state index is 0.641. The van der Waals surface area contributed by atoms with Crippen molar-refractivity contribution in [2.45, 2.75) is 46.2 Å². The quantitative estimate of drug-likeness (QED) is 0.571. The first-order valence-electron chi connectivity index (χ1n) is 4.84. The summed E-state index contributed by atoms with van der Waals surface area (Å²) in [5.74, 6) is 0. The zero-order valence-electron chi connectivity index (χ0n) is 9.13. The summed E-state index contributed by atoms with van der Waals surface area (Å²) < 4.78 is 5.03. The topological polar surface area (TPSA) is 12.5 Å². The summed E-state index contributed by atoms with van der Waals surface area (Å²) >= 11 is 0. The first-order valence-corrected chi connectivity index (χ1v) is 4.84. The van der Waals surface area contributed by atoms with Crippen molar-refractivity contribution in [1.82, 2.24) is 4.90 Å². The zero-order valence-corrected chi connectivity index (χ0v) is 9.13. The molecule has 12 heavy (non-hydrogen) atoms. The van der Waals surface area contributed by atoms with Gasteiger partial charge in [0.05, 0.1) is 0 Å². The third-order valence-electron chi connectivity index (χ3n) is 2.09. The number of rotatable bonds is 6.